The van der Waals surface area contributed by atoms with Gasteiger partial charge in [0.25, 0.3) is 0 Å². The molecule has 0 N–H and O–H groups in total. The third-order valence-corrected chi connectivity index (χ3v) is 3.66. The molecule has 0 saturated carbocycles. The molecule has 0 unspecified atom stereocenters. The fraction of sp³-hybridized carbons (Fsp3) is 0.385. The highest BCUT2D eigenvalue weighted by Gasteiger charge is 2.06. The summed E-state index contributed by atoms with van der Waals surface area (Å²) in [5.74, 6) is -0.362. The minimum atomic E-state index is -0.260. The first-order valence-electron chi connectivity index (χ1n) is 5.78. The fourth-order valence-corrected chi connectivity index (χ4v) is 2.34. The summed E-state index contributed by atoms with van der Waals surface area (Å²) in [6.45, 7) is 0.517. The van der Waals surface area contributed by atoms with Crippen LogP contribution in [0.2, 0.25) is 4.34 Å². The van der Waals surface area contributed by atoms with Gasteiger partial charge in [-0.3, -0.25) is 9.59 Å². The lowest BCUT2D eigenvalue weighted by Gasteiger charge is -2.14. The number of thiophene rings is 1. The molecule has 0 atom stereocenters. The first kappa shape index (κ1) is 15.7. The summed E-state index contributed by atoms with van der Waals surface area (Å²) in [7, 11) is 3.05. The summed E-state index contributed by atoms with van der Waals surface area (Å²) >= 11 is 7.21. The lowest BCUT2D eigenvalue weighted by atomic mass is 10.3. The van der Waals surface area contributed by atoms with Gasteiger partial charge in [-0.25, -0.2) is 0 Å². The van der Waals surface area contributed by atoms with Gasteiger partial charge < -0.3 is 9.64 Å². The van der Waals surface area contributed by atoms with Crippen LogP contribution in [0.3, 0.4) is 0 Å². The second-order valence-electron chi connectivity index (χ2n) is 3.91. The Balaban J connectivity index is 2.36. The summed E-state index contributed by atoms with van der Waals surface area (Å²) in [5, 5.41) is 0. The molecule has 0 fully saturated rings. The number of carbonyl (C=O) groups excluding carboxylic acids is 2. The van der Waals surface area contributed by atoms with Gasteiger partial charge in [0.1, 0.15) is 0 Å². The SMILES string of the molecule is COC(=O)CCCN(C)C(=O)/C=C/c1ccc(Cl)s1. The van der Waals surface area contributed by atoms with Gasteiger partial charge in [0.05, 0.1) is 11.4 Å². The van der Waals surface area contributed by atoms with E-state index < -0.39 is 0 Å². The normalized spacial score (nSPS) is 10.7. The number of amides is 1. The second-order valence-corrected chi connectivity index (χ2v) is 5.66. The zero-order valence-corrected chi connectivity index (χ0v) is 12.5. The molecule has 1 aromatic rings. The Morgan fingerprint density at radius 3 is 2.79 bits per heavy atom. The number of hydrogen-bond acceptors (Lipinski definition) is 4. The Morgan fingerprint density at radius 1 is 1.47 bits per heavy atom. The van der Waals surface area contributed by atoms with Gasteiger partial charge in [-0.15, -0.1) is 11.3 Å². The van der Waals surface area contributed by atoms with E-state index in [0.29, 0.717) is 23.7 Å². The van der Waals surface area contributed by atoms with Gasteiger partial charge in [0.2, 0.25) is 5.91 Å². The molecule has 0 aliphatic heterocycles. The van der Waals surface area contributed by atoms with Crippen molar-refractivity contribution in [3.63, 3.8) is 0 Å². The number of ether oxygens (including phenoxy) is 1. The highest BCUT2D eigenvalue weighted by Crippen LogP contribution is 2.22. The summed E-state index contributed by atoms with van der Waals surface area (Å²) in [4.78, 5) is 25.2. The number of likely N-dealkylation sites (N-methyl/N-ethyl adjacent to an activating group) is 1. The van der Waals surface area contributed by atoms with E-state index in [9.17, 15) is 9.59 Å². The van der Waals surface area contributed by atoms with Crippen LogP contribution < -0.4 is 0 Å². The predicted octanol–water partition coefficient (Wildman–Crippen LogP) is 2.83. The quantitative estimate of drug-likeness (QED) is 0.599. The van der Waals surface area contributed by atoms with E-state index in [1.54, 1.807) is 24.1 Å². The van der Waals surface area contributed by atoms with Gasteiger partial charge >= 0.3 is 5.97 Å². The maximum Gasteiger partial charge on any atom is 0.305 e. The Morgan fingerprint density at radius 2 is 2.21 bits per heavy atom. The lowest BCUT2D eigenvalue weighted by Crippen LogP contribution is -2.26. The van der Waals surface area contributed by atoms with Crippen LogP contribution in [0.1, 0.15) is 17.7 Å². The second kappa shape index (κ2) is 7.96. The molecule has 1 aromatic heterocycles. The van der Waals surface area contributed by atoms with Gasteiger partial charge in [-0.1, -0.05) is 11.6 Å². The molecule has 0 radical (unpaired) electrons. The molecular formula is C13H16ClNO3S. The molecule has 6 heteroatoms. The minimum absolute atomic E-state index is 0.102. The topological polar surface area (TPSA) is 46.6 Å². The Kier molecular flexibility index (Phi) is 6.59. The molecule has 4 nitrogen and oxygen atoms in total. The van der Waals surface area contributed by atoms with Crippen molar-refractivity contribution < 1.29 is 14.3 Å². The molecule has 0 aliphatic carbocycles. The summed E-state index contributed by atoms with van der Waals surface area (Å²) in [5.41, 5.74) is 0. The van der Waals surface area contributed by atoms with Crippen LogP contribution in [-0.4, -0.2) is 37.5 Å². The standard InChI is InChI=1S/C13H16ClNO3S/c1-15(9-3-4-13(17)18-2)12(16)8-6-10-5-7-11(14)19-10/h5-8H,3-4,9H2,1-2H3/b8-6+. The van der Waals surface area contributed by atoms with Crippen molar-refractivity contribution in [1.29, 1.82) is 0 Å². The third kappa shape index (κ3) is 5.89. The zero-order valence-electron chi connectivity index (χ0n) is 10.9. The number of rotatable bonds is 6. The van der Waals surface area contributed by atoms with E-state index in [1.165, 1.54) is 24.5 Å². The fourth-order valence-electron chi connectivity index (χ4n) is 1.37. The van der Waals surface area contributed by atoms with Crippen LogP contribution >= 0.6 is 22.9 Å². The van der Waals surface area contributed by atoms with Crippen LogP contribution in [0.15, 0.2) is 18.2 Å². The van der Waals surface area contributed by atoms with Gasteiger partial charge in [-0.05, 0) is 24.6 Å². The summed E-state index contributed by atoms with van der Waals surface area (Å²) in [6.07, 6.45) is 4.14. The largest absolute Gasteiger partial charge is 0.469 e. The van der Waals surface area contributed by atoms with Gasteiger partial charge in [-0.2, -0.15) is 0 Å². The molecule has 1 heterocycles. The number of carbonyl (C=O) groups is 2. The molecule has 1 amide bonds. The van der Waals surface area contributed by atoms with Crippen molar-refractivity contribution in [2.24, 2.45) is 0 Å². The predicted molar refractivity (Wildman–Crippen MR) is 77.3 cm³/mol. The number of esters is 1. The van der Waals surface area contributed by atoms with Crippen LogP contribution in [-0.2, 0) is 14.3 Å². The first-order chi connectivity index (χ1) is 9.02. The van der Waals surface area contributed by atoms with Crippen molar-refractivity contribution >= 4 is 40.9 Å². The van der Waals surface area contributed by atoms with Crippen LogP contribution in [0.4, 0.5) is 0 Å². The van der Waals surface area contributed by atoms with E-state index in [-0.39, 0.29) is 11.9 Å². The maximum atomic E-state index is 11.8. The van der Waals surface area contributed by atoms with Crippen molar-refractivity contribution in [3.8, 4) is 0 Å². The van der Waals surface area contributed by atoms with Crippen LogP contribution in [0, 0.1) is 0 Å². The monoisotopic (exact) mass is 301 g/mol. The third-order valence-electron chi connectivity index (χ3n) is 2.46. The van der Waals surface area contributed by atoms with E-state index in [4.69, 9.17) is 11.6 Å². The molecule has 0 saturated heterocycles. The lowest BCUT2D eigenvalue weighted by molar-refractivity contribution is -0.141. The van der Waals surface area contributed by atoms with Crippen molar-refractivity contribution in [2.75, 3.05) is 20.7 Å². The van der Waals surface area contributed by atoms with Crippen molar-refractivity contribution in [1.82, 2.24) is 4.90 Å². The van der Waals surface area contributed by atoms with Gasteiger partial charge in [0.15, 0.2) is 0 Å². The summed E-state index contributed by atoms with van der Waals surface area (Å²) in [6, 6.07) is 3.64. The Hall–Kier alpha value is -1.33. The summed E-state index contributed by atoms with van der Waals surface area (Å²) < 4.78 is 5.23. The van der Waals surface area contributed by atoms with Crippen molar-refractivity contribution in [3.05, 3.63) is 27.4 Å². The molecular weight excluding hydrogens is 286 g/mol. The molecule has 0 bridgehead atoms. The average Bonchev–Trinajstić information content (AvgIpc) is 2.81. The van der Waals surface area contributed by atoms with E-state index in [2.05, 4.69) is 4.74 Å². The Labute approximate surface area is 121 Å². The number of hydrogen-bond donors (Lipinski definition) is 0. The molecule has 0 aliphatic rings. The maximum absolute atomic E-state index is 11.8. The highest BCUT2D eigenvalue weighted by atomic mass is 35.5. The molecule has 104 valence electrons. The Bertz CT molecular complexity index is 470. The van der Waals surface area contributed by atoms with Crippen LogP contribution in [0.5, 0.6) is 0 Å². The number of nitrogens with zero attached hydrogens (tertiary/aromatic N) is 1. The average molecular weight is 302 g/mol. The minimum Gasteiger partial charge on any atom is -0.469 e. The van der Waals surface area contributed by atoms with E-state index >= 15 is 0 Å². The molecule has 1 rings (SSSR count). The zero-order chi connectivity index (χ0) is 14.3. The molecule has 0 aromatic carbocycles. The first-order valence-corrected chi connectivity index (χ1v) is 6.97. The number of methoxy groups -OCH3 is 1. The van der Waals surface area contributed by atoms with Crippen LogP contribution in [0.25, 0.3) is 6.08 Å². The molecule has 19 heavy (non-hydrogen) atoms. The molecule has 0 spiro atoms. The number of halogens is 1. The van der Waals surface area contributed by atoms with Gasteiger partial charge in [0, 0.05) is 31.0 Å². The van der Waals surface area contributed by atoms with Crippen molar-refractivity contribution in [2.45, 2.75) is 12.8 Å². The smallest absolute Gasteiger partial charge is 0.305 e. The van der Waals surface area contributed by atoms with E-state index in [1.807, 2.05) is 6.07 Å². The highest BCUT2D eigenvalue weighted by molar-refractivity contribution is 7.17. The van der Waals surface area contributed by atoms with E-state index in [0.717, 1.165) is 4.88 Å².